The number of hydrogen-bond acceptors (Lipinski definition) is 2. The molecule has 0 amide bonds. The summed E-state index contributed by atoms with van der Waals surface area (Å²) in [6.07, 6.45) is 0. The lowest BCUT2D eigenvalue weighted by atomic mass is 9.82. The highest BCUT2D eigenvalue weighted by Gasteiger charge is 2.23. The zero-order chi connectivity index (χ0) is 13.1. The molecule has 0 aromatic heterocycles. The van der Waals surface area contributed by atoms with E-state index in [4.69, 9.17) is 5.26 Å². The minimum atomic E-state index is -0.110. The number of nitrogens with one attached hydrogen (secondary N) is 1. The number of halogens is 1. The number of hydrogen-bond donors (Lipinski definition) is 1. The lowest BCUT2D eigenvalue weighted by Gasteiger charge is -2.28. The lowest BCUT2D eigenvalue weighted by molar-refractivity contribution is 0.455. The second-order valence-electron chi connectivity index (χ2n) is 5.07. The fourth-order valence-corrected chi connectivity index (χ4v) is 2.23. The lowest BCUT2D eigenvalue weighted by Crippen LogP contribution is -2.37. The summed E-state index contributed by atoms with van der Waals surface area (Å²) in [4.78, 5) is 0. The number of aryl methyl sites for hydroxylation is 1. The quantitative estimate of drug-likeness (QED) is 0.922. The maximum Gasteiger partial charge on any atom is 0.0924 e. The van der Waals surface area contributed by atoms with Crippen molar-refractivity contribution in [2.45, 2.75) is 39.2 Å². The van der Waals surface area contributed by atoms with E-state index in [2.05, 4.69) is 66.3 Å². The van der Waals surface area contributed by atoms with Gasteiger partial charge in [-0.3, -0.25) is 0 Å². The molecule has 0 aliphatic carbocycles. The minimum absolute atomic E-state index is 0.0129. The van der Waals surface area contributed by atoms with E-state index in [0.717, 1.165) is 11.0 Å². The molecule has 0 saturated heterocycles. The SMILES string of the molecule is Cc1ccc(Br)cc1C(C)(C)CNC(C)C#N. The summed E-state index contributed by atoms with van der Waals surface area (Å²) in [6.45, 7) is 9.18. The van der Waals surface area contributed by atoms with Crippen molar-refractivity contribution in [2.24, 2.45) is 0 Å². The molecule has 1 rings (SSSR count). The van der Waals surface area contributed by atoms with Crippen LogP contribution in [0.25, 0.3) is 0 Å². The Balaban J connectivity index is 2.89. The van der Waals surface area contributed by atoms with Crippen LogP contribution in [0.5, 0.6) is 0 Å². The number of nitriles is 1. The Morgan fingerprint density at radius 2 is 2.12 bits per heavy atom. The van der Waals surface area contributed by atoms with Gasteiger partial charge in [-0.2, -0.15) is 5.26 Å². The molecule has 0 aliphatic heterocycles. The summed E-state index contributed by atoms with van der Waals surface area (Å²) >= 11 is 3.51. The van der Waals surface area contributed by atoms with E-state index in [9.17, 15) is 0 Å². The Labute approximate surface area is 112 Å². The van der Waals surface area contributed by atoms with Gasteiger partial charge in [-0.1, -0.05) is 35.8 Å². The monoisotopic (exact) mass is 294 g/mol. The van der Waals surface area contributed by atoms with Crippen LogP contribution in [-0.4, -0.2) is 12.6 Å². The van der Waals surface area contributed by atoms with Gasteiger partial charge < -0.3 is 5.32 Å². The summed E-state index contributed by atoms with van der Waals surface area (Å²) < 4.78 is 1.10. The van der Waals surface area contributed by atoms with Crippen molar-refractivity contribution in [1.29, 1.82) is 5.26 Å². The molecule has 0 fully saturated rings. The molecule has 0 saturated carbocycles. The Kier molecular flexibility index (Phi) is 4.73. The second kappa shape index (κ2) is 5.66. The van der Waals surface area contributed by atoms with E-state index in [1.165, 1.54) is 11.1 Å². The van der Waals surface area contributed by atoms with Gasteiger partial charge in [0.25, 0.3) is 0 Å². The van der Waals surface area contributed by atoms with Crippen molar-refractivity contribution in [3.63, 3.8) is 0 Å². The molecule has 0 aliphatic rings. The molecule has 1 aromatic rings. The first kappa shape index (κ1) is 14.2. The van der Waals surface area contributed by atoms with Crippen molar-refractivity contribution in [2.75, 3.05) is 6.54 Å². The Morgan fingerprint density at radius 1 is 1.47 bits per heavy atom. The number of nitrogens with zero attached hydrogens (tertiary/aromatic N) is 1. The molecule has 1 aromatic carbocycles. The van der Waals surface area contributed by atoms with Crippen LogP contribution >= 0.6 is 15.9 Å². The van der Waals surface area contributed by atoms with Gasteiger partial charge in [-0.25, -0.2) is 0 Å². The molecular formula is C14H19BrN2. The van der Waals surface area contributed by atoms with Crippen molar-refractivity contribution in [1.82, 2.24) is 5.32 Å². The van der Waals surface area contributed by atoms with E-state index in [1.54, 1.807) is 0 Å². The van der Waals surface area contributed by atoms with Gasteiger partial charge in [-0.05, 0) is 37.1 Å². The largest absolute Gasteiger partial charge is 0.301 e. The summed E-state index contributed by atoms with van der Waals surface area (Å²) in [5, 5.41) is 12.0. The van der Waals surface area contributed by atoms with Gasteiger partial charge in [0.15, 0.2) is 0 Å². The predicted octanol–water partition coefficient (Wildman–Crippen LogP) is 3.54. The van der Waals surface area contributed by atoms with Crippen molar-refractivity contribution in [3.8, 4) is 6.07 Å². The number of benzene rings is 1. The van der Waals surface area contributed by atoms with Crippen molar-refractivity contribution >= 4 is 15.9 Å². The van der Waals surface area contributed by atoms with Crippen LogP contribution in [0.4, 0.5) is 0 Å². The molecule has 1 N–H and O–H groups in total. The molecule has 0 radical (unpaired) electrons. The maximum atomic E-state index is 8.78. The summed E-state index contributed by atoms with van der Waals surface area (Å²) in [5.74, 6) is 0. The third-order valence-corrected chi connectivity index (χ3v) is 3.47. The summed E-state index contributed by atoms with van der Waals surface area (Å²) in [7, 11) is 0. The zero-order valence-electron chi connectivity index (χ0n) is 10.8. The van der Waals surface area contributed by atoms with E-state index in [1.807, 2.05) is 6.92 Å². The third-order valence-electron chi connectivity index (χ3n) is 2.97. The summed E-state index contributed by atoms with van der Waals surface area (Å²) in [6, 6.07) is 8.42. The van der Waals surface area contributed by atoms with E-state index < -0.39 is 0 Å². The van der Waals surface area contributed by atoms with Crippen molar-refractivity contribution < 1.29 is 0 Å². The molecule has 17 heavy (non-hydrogen) atoms. The van der Waals surface area contributed by atoms with Gasteiger partial charge in [0.1, 0.15) is 0 Å². The summed E-state index contributed by atoms with van der Waals surface area (Å²) in [5.41, 5.74) is 2.60. The Hall–Kier alpha value is -0.850. The fraction of sp³-hybridized carbons (Fsp3) is 0.500. The van der Waals surface area contributed by atoms with E-state index in [0.29, 0.717) is 0 Å². The van der Waals surface area contributed by atoms with Crippen LogP contribution in [-0.2, 0) is 5.41 Å². The highest BCUT2D eigenvalue weighted by Crippen LogP contribution is 2.28. The van der Waals surface area contributed by atoms with E-state index in [-0.39, 0.29) is 11.5 Å². The van der Waals surface area contributed by atoms with Gasteiger partial charge in [0, 0.05) is 16.4 Å². The average Bonchev–Trinajstić information content (AvgIpc) is 2.29. The molecule has 0 heterocycles. The smallest absolute Gasteiger partial charge is 0.0924 e. The van der Waals surface area contributed by atoms with Gasteiger partial charge in [-0.15, -0.1) is 0 Å². The molecule has 92 valence electrons. The van der Waals surface area contributed by atoms with Gasteiger partial charge in [0.2, 0.25) is 0 Å². The van der Waals surface area contributed by atoms with Crippen LogP contribution in [0.2, 0.25) is 0 Å². The van der Waals surface area contributed by atoms with Crippen molar-refractivity contribution in [3.05, 3.63) is 33.8 Å². The van der Waals surface area contributed by atoms with Gasteiger partial charge in [0.05, 0.1) is 12.1 Å². The third kappa shape index (κ3) is 3.83. The van der Waals surface area contributed by atoms with Gasteiger partial charge >= 0.3 is 0 Å². The van der Waals surface area contributed by atoms with Crippen LogP contribution in [0.3, 0.4) is 0 Å². The predicted molar refractivity (Wildman–Crippen MR) is 75.0 cm³/mol. The molecule has 0 bridgehead atoms. The first-order valence-electron chi connectivity index (χ1n) is 5.76. The Morgan fingerprint density at radius 3 is 2.71 bits per heavy atom. The normalized spacial score (nSPS) is 13.2. The molecule has 3 heteroatoms. The number of rotatable bonds is 4. The first-order valence-corrected chi connectivity index (χ1v) is 6.56. The zero-order valence-corrected chi connectivity index (χ0v) is 12.4. The fourth-order valence-electron chi connectivity index (χ4n) is 1.87. The molecule has 1 atom stereocenters. The van der Waals surface area contributed by atoms with Crippen LogP contribution in [0.1, 0.15) is 31.9 Å². The molecular weight excluding hydrogens is 276 g/mol. The molecule has 1 unspecified atom stereocenters. The second-order valence-corrected chi connectivity index (χ2v) is 5.99. The maximum absolute atomic E-state index is 8.78. The molecule has 2 nitrogen and oxygen atoms in total. The van der Waals surface area contributed by atoms with Crippen LogP contribution in [0, 0.1) is 18.3 Å². The topological polar surface area (TPSA) is 35.8 Å². The first-order chi connectivity index (χ1) is 7.86. The Bertz CT molecular complexity index is 432. The molecule has 0 spiro atoms. The highest BCUT2D eigenvalue weighted by atomic mass is 79.9. The minimum Gasteiger partial charge on any atom is -0.301 e. The van der Waals surface area contributed by atoms with Crippen LogP contribution < -0.4 is 5.32 Å². The van der Waals surface area contributed by atoms with Crippen LogP contribution in [0.15, 0.2) is 22.7 Å². The average molecular weight is 295 g/mol. The standard InChI is InChI=1S/C14H19BrN2/c1-10-5-6-12(15)7-13(10)14(3,4)9-17-11(2)8-16/h5-7,11,17H,9H2,1-4H3. The van der Waals surface area contributed by atoms with E-state index >= 15 is 0 Å². The highest BCUT2D eigenvalue weighted by molar-refractivity contribution is 9.10.